The molecule has 1 aromatic carbocycles. The number of nitrogens with zero attached hydrogens (tertiary/aromatic N) is 1. The number of benzene rings is 1. The number of carboxylic acids is 1. The lowest BCUT2D eigenvalue weighted by atomic mass is 9.96. The summed E-state index contributed by atoms with van der Waals surface area (Å²) in [6.07, 6.45) is 0.938. The Bertz CT molecular complexity index is 494. The molecular weight excluding hydrogens is 334 g/mol. The van der Waals surface area contributed by atoms with Crippen molar-refractivity contribution >= 4 is 21.9 Å². The van der Waals surface area contributed by atoms with Gasteiger partial charge in [-0.15, -0.1) is 0 Å². The van der Waals surface area contributed by atoms with E-state index in [1.165, 1.54) is 5.56 Å². The molecule has 2 rings (SSSR count). The lowest BCUT2D eigenvalue weighted by molar-refractivity contribution is -0.143. The molecule has 1 aromatic rings. The van der Waals surface area contributed by atoms with Crippen LogP contribution in [0.5, 0.6) is 0 Å². The van der Waals surface area contributed by atoms with E-state index >= 15 is 0 Å². The summed E-state index contributed by atoms with van der Waals surface area (Å²) >= 11 is 3.51. The first kappa shape index (κ1) is 16.5. The van der Waals surface area contributed by atoms with Crippen LogP contribution in [0.15, 0.2) is 28.7 Å². The number of ether oxygens (including phenoxy) is 1. The van der Waals surface area contributed by atoms with Gasteiger partial charge in [-0.05, 0) is 30.7 Å². The van der Waals surface area contributed by atoms with E-state index in [4.69, 9.17) is 4.74 Å². The highest BCUT2D eigenvalue weighted by Crippen LogP contribution is 2.32. The molecule has 1 aliphatic rings. The normalized spacial score (nSPS) is 23.4. The fourth-order valence-corrected chi connectivity index (χ4v) is 3.58. The average Bonchev–Trinajstić information content (AvgIpc) is 2.93. The molecule has 1 saturated heterocycles. The number of rotatable bonds is 6. The lowest BCUT2D eigenvalue weighted by Gasteiger charge is -2.36. The standard InChI is InChI=1S/C16H22BrNO3/c1-3-14(11-6-5-7-12(17)8-11)18(4-2)15-10-21-9-13(15)16(19)20/h5-8,13-15H,3-4,9-10H2,1-2H3,(H,19,20). The first-order chi connectivity index (χ1) is 10.1. The molecule has 0 aliphatic carbocycles. The number of carboxylic acid groups (broad SMARTS) is 1. The molecule has 1 N–H and O–H groups in total. The maximum atomic E-state index is 11.4. The molecule has 0 amide bonds. The fraction of sp³-hybridized carbons (Fsp3) is 0.562. The van der Waals surface area contributed by atoms with Gasteiger partial charge in [0.05, 0.1) is 19.1 Å². The Morgan fingerprint density at radius 2 is 2.24 bits per heavy atom. The van der Waals surface area contributed by atoms with Crippen molar-refractivity contribution in [1.29, 1.82) is 0 Å². The van der Waals surface area contributed by atoms with Crippen LogP contribution in [-0.2, 0) is 9.53 Å². The van der Waals surface area contributed by atoms with Gasteiger partial charge in [-0.25, -0.2) is 0 Å². The van der Waals surface area contributed by atoms with E-state index in [1.807, 2.05) is 12.1 Å². The Balaban J connectivity index is 2.27. The minimum Gasteiger partial charge on any atom is -0.481 e. The molecule has 1 fully saturated rings. The van der Waals surface area contributed by atoms with Crippen LogP contribution in [0.1, 0.15) is 31.9 Å². The number of halogens is 1. The molecule has 1 heterocycles. The van der Waals surface area contributed by atoms with Crippen LogP contribution in [0, 0.1) is 5.92 Å². The average molecular weight is 356 g/mol. The third-order valence-electron chi connectivity index (χ3n) is 4.18. The second-order valence-corrected chi connectivity index (χ2v) is 6.27. The van der Waals surface area contributed by atoms with E-state index < -0.39 is 11.9 Å². The molecule has 116 valence electrons. The second kappa shape index (κ2) is 7.38. The van der Waals surface area contributed by atoms with E-state index in [0.717, 1.165) is 17.4 Å². The Morgan fingerprint density at radius 3 is 2.81 bits per heavy atom. The SMILES string of the molecule is CCC(c1cccc(Br)c1)N(CC)C1COCC1C(=O)O. The highest BCUT2D eigenvalue weighted by atomic mass is 79.9. The van der Waals surface area contributed by atoms with Gasteiger partial charge >= 0.3 is 5.97 Å². The Hall–Kier alpha value is -0.910. The minimum atomic E-state index is -0.764. The molecule has 0 saturated carbocycles. The van der Waals surface area contributed by atoms with Crippen LogP contribution in [0.4, 0.5) is 0 Å². The highest BCUT2D eigenvalue weighted by molar-refractivity contribution is 9.10. The highest BCUT2D eigenvalue weighted by Gasteiger charge is 2.39. The lowest BCUT2D eigenvalue weighted by Crippen LogP contribution is -2.44. The van der Waals surface area contributed by atoms with Gasteiger partial charge in [0.1, 0.15) is 0 Å². The Kier molecular flexibility index (Phi) is 5.79. The van der Waals surface area contributed by atoms with Crippen molar-refractivity contribution in [2.45, 2.75) is 32.4 Å². The van der Waals surface area contributed by atoms with Gasteiger partial charge in [0.25, 0.3) is 0 Å². The van der Waals surface area contributed by atoms with Gasteiger partial charge in [-0.2, -0.15) is 0 Å². The predicted octanol–water partition coefficient (Wildman–Crippen LogP) is 3.32. The summed E-state index contributed by atoms with van der Waals surface area (Å²) in [5.41, 5.74) is 1.21. The van der Waals surface area contributed by atoms with Crippen molar-refractivity contribution < 1.29 is 14.6 Å². The molecule has 3 unspecified atom stereocenters. The number of likely N-dealkylation sites (N-methyl/N-ethyl adjacent to an activating group) is 1. The zero-order valence-electron chi connectivity index (χ0n) is 12.5. The zero-order chi connectivity index (χ0) is 15.4. The molecule has 0 aromatic heterocycles. The maximum Gasteiger partial charge on any atom is 0.310 e. The van der Waals surface area contributed by atoms with Crippen LogP contribution in [-0.4, -0.2) is 41.8 Å². The number of hydrogen-bond donors (Lipinski definition) is 1. The molecule has 0 radical (unpaired) electrons. The van der Waals surface area contributed by atoms with Crippen LogP contribution in [0.25, 0.3) is 0 Å². The Labute approximate surface area is 134 Å². The van der Waals surface area contributed by atoms with Gasteiger partial charge in [0, 0.05) is 16.6 Å². The van der Waals surface area contributed by atoms with Crippen LogP contribution < -0.4 is 0 Å². The molecule has 21 heavy (non-hydrogen) atoms. The Morgan fingerprint density at radius 1 is 1.48 bits per heavy atom. The van der Waals surface area contributed by atoms with Crippen LogP contribution in [0.2, 0.25) is 0 Å². The van der Waals surface area contributed by atoms with Gasteiger partial charge in [0.15, 0.2) is 0 Å². The molecule has 4 nitrogen and oxygen atoms in total. The molecular formula is C16H22BrNO3. The van der Waals surface area contributed by atoms with Crippen molar-refractivity contribution in [3.05, 3.63) is 34.3 Å². The van der Waals surface area contributed by atoms with Crippen molar-refractivity contribution in [3.63, 3.8) is 0 Å². The number of hydrogen-bond acceptors (Lipinski definition) is 3. The fourth-order valence-electron chi connectivity index (χ4n) is 3.17. The van der Waals surface area contributed by atoms with Gasteiger partial charge < -0.3 is 9.84 Å². The topological polar surface area (TPSA) is 49.8 Å². The van der Waals surface area contributed by atoms with Crippen LogP contribution in [0.3, 0.4) is 0 Å². The van der Waals surface area contributed by atoms with E-state index in [1.54, 1.807) is 0 Å². The van der Waals surface area contributed by atoms with Crippen molar-refractivity contribution in [3.8, 4) is 0 Å². The van der Waals surface area contributed by atoms with Crippen molar-refractivity contribution in [2.75, 3.05) is 19.8 Å². The number of aliphatic carboxylic acids is 1. The van der Waals surface area contributed by atoms with Gasteiger partial charge in [0.2, 0.25) is 0 Å². The predicted molar refractivity (Wildman–Crippen MR) is 85.3 cm³/mol. The summed E-state index contributed by atoms with van der Waals surface area (Å²) in [7, 11) is 0. The van der Waals surface area contributed by atoms with E-state index in [0.29, 0.717) is 13.2 Å². The van der Waals surface area contributed by atoms with Gasteiger partial charge in [-0.3, -0.25) is 9.69 Å². The smallest absolute Gasteiger partial charge is 0.310 e. The van der Waals surface area contributed by atoms with Crippen molar-refractivity contribution in [2.24, 2.45) is 5.92 Å². The second-order valence-electron chi connectivity index (χ2n) is 5.36. The zero-order valence-corrected chi connectivity index (χ0v) is 14.0. The third-order valence-corrected chi connectivity index (χ3v) is 4.67. The summed E-state index contributed by atoms with van der Waals surface area (Å²) < 4.78 is 6.48. The van der Waals surface area contributed by atoms with Crippen molar-refractivity contribution in [1.82, 2.24) is 4.90 Å². The third kappa shape index (κ3) is 3.65. The monoisotopic (exact) mass is 355 g/mol. The van der Waals surface area contributed by atoms with E-state index in [9.17, 15) is 9.90 Å². The summed E-state index contributed by atoms with van der Waals surface area (Å²) in [6.45, 7) is 5.83. The van der Waals surface area contributed by atoms with Crippen LogP contribution >= 0.6 is 15.9 Å². The summed E-state index contributed by atoms with van der Waals surface area (Å²) in [5.74, 6) is -1.20. The van der Waals surface area contributed by atoms with E-state index in [2.05, 4.69) is 46.8 Å². The molecule has 5 heteroatoms. The minimum absolute atomic E-state index is 0.0589. The summed E-state index contributed by atoms with van der Waals surface area (Å²) in [4.78, 5) is 13.7. The molecule has 1 aliphatic heterocycles. The first-order valence-corrected chi connectivity index (χ1v) is 8.19. The quantitative estimate of drug-likeness (QED) is 0.850. The van der Waals surface area contributed by atoms with E-state index in [-0.39, 0.29) is 12.1 Å². The first-order valence-electron chi connectivity index (χ1n) is 7.40. The molecule has 0 bridgehead atoms. The number of carbonyl (C=O) groups is 1. The maximum absolute atomic E-state index is 11.4. The largest absolute Gasteiger partial charge is 0.481 e. The summed E-state index contributed by atoms with van der Waals surface area (Å²) in [6, 6.07) is 8.40. The van der Waals surface area contributed by atoms with Gasteiger partial charge in [-0.1, -0.05) is 41.9 Å². The molecule has 0 spiro atoms. The summed E-state index contributed by atoms with van der Waals surface area (Å²) in [5, 5.41) is 9.38. The molecule has 3 atom stereocenters.